The molecule has 8 heteroatoms. The quantitative estimate of drug-likeness (QED) is 0.805. The van der Waals surface area contributed by atoms with Gasteiger partial charge in [0.25, 0.3) is 0 Å². The first-order chi connectivity index (χ1) is 8.47. The number of nitrogens with one attached hydrogen (secondary N) is 1. The van der Waals surface area contributed by atoms with Crippen LogP contribution >= 0.6 is 24.8 Å². The zero-order chi connectivity index (χ0) is 13.3. The van der Waals surface area contributed by atoms with Gasteiger partial charge in [0.1, 0.15) is 5.82 Å². The van der Waals surface area contributed by atoms with Crippen molar-refractivity contribution >= 4 is 48.1 Å². The summed E-state index contributed by atoms with van der Waals surface area (Å²) in [5, 5.41) is 11.6. The summed E-state index contributed by atoms with van der Waals surface area (Å²) < 4.78 is 0. The Bertz CT molecular complexity index is 549. The van der Waals surface area contributed by atoms with Gasteiger partial charge >= 0.3 is 5.97 Å². The highest BCUT2D eigenvalue weighted by molar-refractivity contribution is 6.14. The van der Waals surface area contributed by atoms with Crippen LogP contribution in [-0.2, 0) is 16.1 Å². The standard InChI is InChI=1S/C12H13N3O3.2ClH/c1-7(12(17)18)8-3-9-5-15(2)6-10(16)14-11(9)13-4-8;;/h3-4H,1,5-6H2,2H3,(H,17,18)(H,13,14,16);2*1H. The SMILES string of the molecule is C=C(C(=O)O)c1cnc2c(c1)CN(C)CC(=O)N2.Cl.Cl. The number of pyridine rings is 1. The largest absolute Gasteiger partial charge is 0.478 e. The van der Waals surface area contributed by atoms with Gasteiger partial charge in [-0.2, -0.15) is 0 Å². The van der Waals surface area contributed by atoms with Gasteiger partial charge in [0.15, 0.2) is 0 Å². The number of aromatic nitrogens is 1. The monoisotopic (exact) mass is 319 g/mol. The van der Waals surface area contributed by atoms with Crippen molar-refractivity contribution in [2.45, 2.75) is 6.54 Å². The number of likely N-dealkylation sites (N-methyl/N-ethyl adjacent to an activating group) is 1. The van der Waals surface area contributed by atoms with Crippen molar-refractivity contribution in [3.8, 4) is 0 Å². The maximum Gasteiger partial charge on any atom is 0.335 e. The van der Waals surface area contributed by atoms with Gasteiger partial charge in [-0.25, -0.2) is 9.78 Å². The van der Waals surface area contributed by atoms with Gasteiger partial charge in [-0.05, 0) is 13.1 Å². The number of carboxylic acid groups (broad SMARTS) is 1. The van der Waals surface area contributed by atoms with Crippen LogP contribution in [0.3, 0.4) is 0 Å². The van der Waals surface area contributed by atoms with Gasteiger partial charge in [-0.1, -0.05) is 6.58 Å². The smallest absolute Gasteiger partial charge is 0.335 e. The zero-order valence-electron chi connectivity index (χ0n) is 10.8. The minimum atomic E-state index is -1.08. The molecule has 110 valence electrons. The minimum absolute atomic E-state index is 0. The number of carbonyl (C=O) groups excluding carboxylic acids is 1. The Morgan fingerprint density at radius 3 is 2.70 bits per heavy atom. The van der Waals surface area contributed by atoms with E-state index < -0.39 is 5.97 Å². The number of aliphatic carboxylic acids is 1. The number of hydrogen-bond acceptors (Lipinski definition) is 4. The molecule has 0 spiro atoms. The number of amides is 1. The van der Waals surface area contributed by atoms with Crippen molar-refractivity contribution in [3.63, 3.8) is 0 Å². The van der Waals surface area contributed by atoms with Crippen molar-refractivity contribution in [2.24, 2.45) is 0 Å². The lowest BCUT2D eigenvalue weighted by molar-refractivity contribution is -0.130. The van der Waals surface area contributed by atoms with Gasteiger partial charge in [-0.3, -0.25) is 9.69 Å². The van der Waals surface area contributed by atoms with Gasteiger partial charge in [0.2, 0.25) is 5.91 Å². The van der Waals surface area contributed by atoms with Crippen LogP contribution in [-0.4, -0.2) is 40.5 Å². The number of fused-ring (bicyclic) bond motifs is 1. The molecule has 0 radical (unpaired) electrons. The molecule has 0 saturated carbocycles. The molecule has 1 amide bonds. The van der Waals surface area contributed by atoms with E-state index in [0.29, 0.717) is 17.9 Å². The predicted molar refractivity (Wildman–Crippen MR) is 80.4 cm³/mol. The average Bonchev–Trinajstić information content (AvgIpc) is 2.43. The number of carboxylic acids is 1. The summed E-state index contributed by atoms with van der Waals surface area (Å²) in [6.07, 6.45) is 1.40. The molecular formula is C12H15Cl2N3O3. The molecule has 0 saturated heterocycles. The molecule has 1 aromatic heterocycles. The van der Waals surface area contributed by atoms with Crippen LogP contribution in [0.25, 0.3) is 5.57 Å². The van der Waals surface area contributed by atoms with Crippen molar-refractivity contribution in [3.05, 3.63) is 30.0 Å². The maximum atomic E-state index is 11.5. The fraction of sp³-hybridized carbons (Fsp3) is 0.250. The van der Waals surface area contributed by atoms with Crippen LogP contribution < -0.4 is 5.32 Å². The summed E-state index contributed by atoms with van der Waals surface area (Å²) in [4.78, 5) is 28.2. The van der Waals surface area contributed by atoms with E-state index in [4.69, 9.17) is 5.11 Å². The van der Waals surface area contributed by atoms with E-state index in [1.807, 2.05) is 11.9 Å². The normalized spacial score (nSPS) is 13.9. The Kier molecular flexibility index (Phi) is 6.64. The summed E-state index contributed by atoms with van der Waals surface area (Å²) in [7, 11) is 1.81. The van der Waals surface area contributed by atoms with E-state index in [1.54, 1.807) is 6.07 Å². The molecule has 6 nitrogen and oxygen atoms in total. The summed E-state index contributed by atoms with van der Waals surface area (Å²) >= 11 is 0. The first-order valence-electron chi connectivity index (χ1n) is 5.37. The second-order valence-electron chi connectivity index (χ2n) is 4.24. The lowest BCUT2D eigenvalue weighted by atomic mass is 10.1. The third-order valence-electron chi connectivity index (χ3n) is 2.68. The van der Waals surface area contributed by atoms with E-state index in [-0.39, 0.29) is 42.8 Å². The molecule has 1 aliphatic heterocycles. The molecule has 2 N–H and O–H groups in total. The first-order valence-corrected chi connectivity index (χ1v) is 5.37. The number of nitrogens with zero attached hydrogens (tertiary/aromatic N) is 2. The van der Waals surface area contributed by atoms with Crippen LogP contribution in [0.4, 0.5) is 5.82 Å². The Morgan fingerprint density at radius 2 is 2.10 bits per heavy atom. The number of halogens is 2. The van der Waals surface area contributed by atoms with E-state index in [2.05, 4.69) is 16.9 Å². The molecule has 0 aromatic carbocycles. The third kappa shape index (κ3) is 3.93. The van der Waals surface area contributed by atoms with Crippen molar-refractivity contribution in [2.75, 3.05) is 18.9 Å². The Morgan fingerprint density at radius 1 is 1.45 bits per heavy atom. The number of carbonyl (C=O) groups is 2. The second kappa shape index (κ2) is 7.23. The summed E-state index contributed by atoms with van der Waals surface area (Å²) in [6, 6.07) is 1.70. The average molecular weight is 320 g/mol. The van der Waals surface area contributed by atoms with E-state index >= 15 is 0 Å². The molecule has 20 heavy (non-hydrogen) atoms. The zero-order valence-corrected chi connectivity index (χ0v) is 12.4. The number of anilines is 1. The van der Waals surface area contributed by atoms with Crippen molar-refractivity contribution < 1.29 is 14.7 Å². The molecule has 0 unspecified atom stereocenters. The fourth-order valence-electron chi connectivity index (χ4n) is 1.80. The maximum absolute atomic E-state index is 11.5. The van der Waals surface area contributed by atoms with Crippen molar-refractivity contribution in [1.29, 1.82) is 0 Å². The molecule has 2 heterocycles. The molecule has 2 rings (SSSR count). The molecule has 1 aromatic rings. The topological polar surface area (TPSA) is 82.5 Å². The molecule has 0 bridgehead atoms. The molecule has 0 atom stereocenters. The highest BCUT2D eigenvalue weighted by Gasteiger charge is 2.19. The predicted octanol–water partition coefficient (Wildman–Crippen LogP) is 1.41. The van der Waals surface area contributed by atoms with Gasteiger partial charge in [0.05, 0.1) is 12.1 Å². The van der Waals surface area contributed by atoms with Crippen LogP contribution in [0.5, 0.6) is 0 Å². The highest BCUT2D eigenvalue weighted by atomic mass is 35.5. The Hall–Kier alpha value is -1.63. The Balaban J connectivity index is 0.00000180. The summed E-state index contributed by atoms with van der Waals surface area (Å²) in [6.45, 7) is 4.30. The molecule has 0 aliphatic carbocycles. The number of rotatable bonds is 2. The van der Waals surface area contributed by atoms with Crippen LogP contribution in [0, 0.1) is 0 Å². The summed E-state index contributed by atoms with van der Waals surface area (Å²) in [5.74, 6) is -0.734. The van der Waals surface area contributed by atoms with Gasteiger partial charge in [-0.15, -0.1) is 24.8 Å². The first kappa shape index (κ1) is 18.4. The Labute approximate surface area is 128 Å². The molecule has 1 aliphatic rings. The lowest BCUT2D eigenvalue weighted by Crippen LogP contribution is -2.26. The molecule has 0 fully saturated rings. The van der Waals surface area contributed by atoms with Gasteiger partial charge in [0, 0.05) is 23.9 Å². The van der Waals surface area contributed by atoms with Crippen LogP contribution in [0.2, 0.25) is 0 Å². The van der Waals surface area contributed by atoms with E-state index in [9.17, 15) is 9.59 Å². The van der Waals surface area contributed by atoms with Crippen LogP contribution in [0.15, 0.2) is 18.8 Å². The van der Waals surface area contributed by atoms with Crippen LogP contribution in [0.1, 0.15) is 11.1 Å². The third-order valence-corrected chi connectivity index (χ3v) is 2.68. The highest BCUT2D eigenvalue weighted by Crippen LogP contribution is 2.22. The molecular weight excluding hydrogens is 305 g/mol. The van der Waals surface area contributed by atoms with Gasteiger partial charge < -0.3 is 10.4 Å². The van der Waals surface area contributed by atoms with E-state index in [0.717, 1.165) is 5.56 Å². The van der Waals surface area contributed by atoms with E-state index in [1.165, 1.54) is 6.20 Å². The summed E-state index contributed by atoms with van der Waals surface area (Å²) in [5.41, 5.74) is 1.22. The van der Waals surface area contributed by atoms with Crippen molar-refractivity contribution in [1.82, 2.24) is 9.88 Å². The second-order valence-corrected chi connectivity index (χ2v) is 4.24. The minimum Gasteiger partial charge on any atom is -0.478 e. The number of hydrogen-bond donors (Lipinski definition) is 2. The lowest BCUT2D eigenvalue weighted by Gasteiger charge is -2.12. The fourth-order valence-corrected chi connectivity index (χ4v) is 1.80.